The number of fused-ring (bicyclic) bond motifs is 8. The molecule has 3 N–H and O–H groups in total. The van der Waals surface area contributed by atoms with E-state index in [0.717, 1.165) is 12.8 Å². The minimum Gasteiger partial charge on any atom is -0.493 e. The van der Waals surface area contributed by atoms with Gasteiger partial charge >= 0.3 is 0 Å². The second-order valence-electron chi connectivity index (χ2n) is 16.6. The molecule has 0 aliphatic carbocycles. The third-order valence-electron chi connectivity index (χ3n) is 11.9. The first-order valence-electron chi connectivity index (χ1n) is 20.8. The largest absolute Gasteiger partial charge is 0.493 e. The van der Waals surface area contributed by atoms with Crippen LogP contribution in [0.5, 0.6) is 23.0 Å². The second-order valence-corrected chi connectivity index (χ2v) is 18.4. The minimum absolute atomic E-state index is 0.00161. The second kappa shape index (κ2) is 18.4. The molecule has 3 amide bonds. The molecule has 2 fully saturated rings. The number of nitrogens with zero attached hydrogens (tertiary/aromatic N) is 4. The summed E-state index contributed by atoms with van der Waals surface area (Å²) in [5.74, 6) is 1.44. The molecule has 2 saturated heterocycles. The highest BCUT2D eigenvalue weighted by Crippen LogP contribution is 2.45. The molecule has 4 unspecified atom stereocenters. The van der Waals surface area contributed by atoms with Crippen molar-refractivity contribution in [2.45, 2.75) is 88.5 Å². The van der Waals surface area contributed by atoms with Crippen LogP contribution < -0.4 is 29.6 Å². The number of carbonyl (C=O) groups is 3. The van der Waals surface area contributed by atoms with Crippen LogP contribution in [0.4, 0.5) is 11.4 Å². The predicted octanol–water partition coefficient (Wildman–Crippen LogP) is 6.62. The van der Waals surface area contributed by atoms with E-state index >= 15 is 0 Å². The van der Waals surface area contributed by atoms with Crippen LogP contribution in [0.25, 0.3) is 0 Å². The van der Waals surface area contributed by atoms with Crippen LogP contribution in [-0.4, -0.2) is 99.5 Å². The van der Waals surface area contributed by atoms with Gasteiger partial charge in [0.2, 0.25) is 5.91 Å². The van der Waals surface area contributed by atoms with Gasteiger partial charge in [-0.3, -0.25) is 24.4 Å². The number of hydrogen-bond donors (Lipinski definition) is 3. The van der Waals surface area contributed by atoms with Crippen LogP contribution in [0.1, 0.15) is 84.1 Å². The smallest absolute Gasteiger partial charge is 0.256 e. The summed E-state index contributed by atoms with van der Waals surface area (Å²) < 4.78 is 24.4. The first-order valence-corrected chi connectivity index (χ1v) is 21.7. The Kier molecular flexibility index (Phi) is 12.8. The molecule has 4 atom stereocenters. The minimum atomic E-state index is -0.308. The van der Waals surface area contributed by atoms with E-state index in [1.165, 1.54) is 12.7 Å². The number of thioether (sulfide) groups is 1. The number of rotatable bonds is 8. The van der Waals surface area contributed by atoms with Crippen molar-refractivity contribution in [3.05, 3.63) is 88.8 Å². The van der Waals surface area contributed by atoms with Crippen molar-refractivity contribution in [3.8, 4) is 23.0 Å². The summed E-state index contributed by atoms with van der Waals surface area (Å²) in [6.07, 6.45) is 8.14. The Labute approximate surface area is 364 Å². The summed E-state index contributed by atoms with van der Waals surface area (Å²) in [4.78, 5) is 59.2. The van der Waals surface area contributed by atoms with E-state index < -0.39 is 0 Å². The van der Waals surface area contributed by atoms with E-state index in [4.69, 9.17) is 34.1 Å². The van der Waals surface area contributed by atoms with Crippen LogP contribution in [0.15, 0.2) is 65.7 Å². The maximum atomic E-state index is 14.2. The molecule has 5 aliphatic heterocycles. The van der Waals surface area contributed by atoms with Crippen molar-refractivity contribution in [2.24, 2.45) is 10.9 Å². The third-order valence-corrected chi connectivity index (χ3v) is 13.4. The van der Waals surface area contributed by atoms with E-state index in [9.17, 15) is 14.4 Å². The number of ether oxygens (including phenoxy) is 4. The van der Waals surface area contributed by atoms with Crippen molar-refractivity contribution in [1.29, 1.82) is 0 Å². The Morgan fingerprint density at radius 3 is 2.68 bits per heavy atom. The van der Waals surface area contributed by atoms with Gasteiger partial charge in [0.1, 0.15) is 37.9 Å². The standard InChI is InChI=1S/C45H52N6O10S/c1-6-26-12-31-20-47-35-18-38(28(23-60-61-55)14-33(35)43(53)50(31)21-26)58-24-29-15-32-16-30(48-29)25-59-40-19-36-34(17-39(40)56-5)44(54)51-22-27(7-2)13-37(51)42(49-36)62-45(3,4)9-8-41(52)46-10-11-57-32/h6-7,14-20,26,31,37,42,49,55H,1,8-13,21-25H2,2-5H3,(H,46,52). The molecule has 6 heterocycles. The first-order chi connectivity index (χ1) is 29.9. The highest BCUT2D eigenvalue weighted by atomic mass is 32.2. The number of anilines is 1. The summed E-state index contributed by atoms with van der Waals surface area (Å²) in [6, 6.07) is 10.1. The van der Waals surface area contributed by atoms with Crippen molar-refractivity contribution in [1.82, 2.24) is 20.1 Å². The first kappa shape index (κ1) is 43.0. The van der Waals surface area contributed by atoms with Crippen LogP contribution in [0.2, 0.25) is 0 Å². The fraction of sp³-hybridized carbons (Fsp3) is 0.444. The number of carbonyl (C=O) groups excluding carboxylic acids is 3. The molecule has 17 heteroatoms. The molecular weight excluding hydrogens is 817 g/mol. The highest BCUT2D eigenvalue weighted by Gasteiger charge is 2.44. The SMILES string of the molecule is C=CC1CC2C=Nc3cc(OCc4cc5cc(n4)COc4cc6c(cc4OC)C(=O)N4CC(=CC)CC4C(N6)SC(C)(C)CCC(=O)NCCO5)c(COOO)cc3C(=O)N2C1. The van der Waals surface area contributed by atoms with E-state index in [1.807, 2.05) is 24.0 Å². The van der Waals surface area contributed by atoms with Gasteiger partial charge in [0.25, 0.3) is 11.8 Å². The fourth-order valence-electron chi connectivity index (χ4n) is 8.54. The average molecular weight is 869 g/mol. The molecule has 0 radical (unpaired) electrons. The highest BCUT2D eigenvalue weighted by molar-refractivity contribution is 8.01. The summed E-state index contributed by atoms with van der Waals surface area (Å²) >= 11 is 1.73. The topological polar surface area (TPSA) is 183 Å². The zero-order valence-corrected chi connectivity index (χ0v) is 36.1. The van der Waals surface area contributed by atoms with Crippen LogP contribution in [0, 0.1) is 5.92 Å². The summed E-state index contributed by atoms with van der Waals surface area (Å²) in [6.45, 7) is 11.5. The zero-order valence-electron chi connectivity index (χ0n) is 35.3. The summed E-state index contributed by atoms with van der Waals surface area (Å²) in [5, 5.41) is 19.5. The Morgan fingerprint density at radius 2 is 1.89 bits per heavy atom. The van der Waals surface area contributed by atoms with E-state index in [1.54, 1.807) is 53.2 Å². The molecular formula is C45H52N6O10S. The van der Waals surface area contributed by atoms with Gasteiger partial charge in [0, 0.05) is 60.3 Å². The van der Waals surface area contributed by atoms with Gasteiger partial charge in [-0.2, -0.15) is 0 Å². The molecule has 5 aliphatic rings. The molecule has 328 valence electrons. The zero-order chi connectivity index (χ0) is 43.5. The number of nitrogens with one attached hydrogen (secondary N) is 2. The predicted molar refractivity (Wildman–Crippen MR) is 232 cm³/mol. The lowest BCUT2D eigenvalue weighted by Crippen LogP contribution is -2.43. The molecule has 0 saturated carbocycles. The number of allylic oxidation sites excluding steroid dienone is 1. The van der Waals surface area contributed by atoms with Crippen molar-refractivity contribution < 1.29 is 48.5 Å². The molecule has 2 aromatic carbocycles. The molecule has 16 nitrogen and oxygen atoms in total. The third kappa shape index (κ3) is 9.26. The van der Waals surface area contributed by atoms with E-state index in [-0.39, 0.29) is 78.8 Å². The van der Waals surface area contributed by atoms with Gasteiger partial charge in [-0.05, 0) is 44.2 Å². The van der Waals surface area contributed by atoms with Crippen LogP contribution >= 0.6 is 11.8 Å². The average Bonchev–Trinajstić information content (AvgIpc) is 3.86. The maximum absolute atomic E-state index is 14.2. The monoisotopic (exact) mass is 868 g/mol. The number of methoxy groups -OCH3 is 1. The lowest BCUT2D eigenvalue weighted by Gasteiger charge is -2.35. The van der Waals surface area contributed by atoms with Gasteiger partial charge in [0.15, 0.2) is 11.5 Å². The molecule has 62 heavy (non-hydrogen) atoms. The Morgan fingerprint density at radius 1 is 1.05 bits per heavy atom. The Bertz CT molecular complexity index is 2300. The van der Waals surface area contributed by atoms with Crippen molar-refractivity contribution in [2.75, 3.05) is 38.7 Å². The quantitative estimate of drug-likeness (QED) is 0.125. The number of amides is 3. The normalized spacial score (nSPS) is 23.9. The Balaban J connectivity index is 1.09. The Hall–Kier alpha value is -5.62. The fourth-order valence-corrected chi connectivity index (χ4v) is 10.0. The van der Waals surface area contributed by atoms with Gasteiger partial charge in [-0.15, -0.1) is 18.3 Å². The van der Waals surface area contributed by atoms with E-state index in [2.05, 4.69) is 47.2 Å². The molecule has 1 aromatic heterocycles. The maximum Gasteiger partial charge on any atom is 0.256 e. The molecule has 5 bridgehead atoms. The summed E-state index contributed by atoms with van der Waals surface area (Å²) in [5.41, 5.74) is 4.54. The molecule has 8 rings (SSSR count). The van der Waals surface area contributed by atoms with Gasteiger partial charge in [-0.1, -0.05) is 36.6 Å². The number of pyridine rings is 1. The lowest BCUT2D eigenvalue weighted by molar-refractivity contribution is -0.496. The number of aliphatic imine (C=N–C) groups is 1. The van der Waals surface area contributed by atoms with Gasteiger partial charge in [0.05, 0.1) is 65.0 Å². The molecule has 0 spiro atoms. The van der Waals surface area contributed by atoms with Gasteiger partial charge in [-0.25, -0.2) is 10.1 Å². The summed E-state index contributed by atoms with van der Waals surface area (Å²) in [7, 11) is 1.54. The number of benzene rings is 2. The number of aromatic nitrogens is 1. The molecule has 3 aromatic rings. The van der Waals surface area contributed by atoms with Crippen LogP contribution in [-0.2, 0) is 34.5 Å². The van der Waals surface area contributed by atoms with Gasteiger partial charge < -0.3 is 39.4 Å². The van der Waals surface area contributed by atoms with E-state index in [0.29, 0.717) is 88.4 Å². The van der Waals surface area contributed by atoms with Crippen LogP contribution in [0.3, 0.4) is 0 Å². The van der Waals surface area contributed by atoms with Crippen molar-refractivity contribution >= 4 is 47.1 Å². The lowest BCUT2D eigenvalue weighted by atomic mass is 10.1. The van der Waals surface area contributed by atoms with Crippen molar-refractivity contribution in [3.63, 3.8) is 0 Å². The number of hydrogen-bond acceptors (Lipinski definition) is 14.